The highest BCUT2D eigenvalue weighted by Gasteiger charge is 2.29. The largest absolute Gasteiger partial charge is 0.443 e. The van der Waals surface area contributed by atoms with Crippen molar-refractivity contribution in [1.29, 1.82) is 0 Å². The fourth-order valence-corrected chi connectivity index (χ4v) is 2.33. The van der Waals surface area contributed by atoms with E-state index in [4.69, 9.17) is 10.3 Å². The van der Waals surface area contributed by atoms with E-state index in [0.29, 0.717) is 12.4 Å². The van der Waals surface area contributed by atoms with Gasteiger partial charge in [-0.2, -0.15) is 0 Å². The first kappa shape index (κ1) is 17.0. The predicted molar refractivity (Wildman–Crippen MR) is 84.0 cm³/mol. The molecule has 8 heteroatoms. The van der Waals surface area contributed by atoms with Crippen LogP contribution in [0.4, 0.5) is 15.0 Å². The molecule has 0 aliphatic carbocycles. The number of aromatic nitrogens is 1. The lowest BCUT2D eigenvalue weighted by Gasteiger charge is -2.31. The number of amides is 1. The smallest absolute Gasteiger partial charge is 0.416 e. The lowest BCUT2D eigenvalue weighted by Crippen LogP contribution is -2.40. The summed E-state index contributed by atoms with van der Waals surface area (Å²) in [4.78, 5) is 20.6. The summed E-state index contributed by atoms with van der Waals surface area (Å²) in [5.74, 6) is 0.423. The van der Waals surface area contributed by atoms with Crippen molar-refractivity contribution in [1.82, 2.24) is 4.98 Å². The van der Waals surface area contributed by atoms with E-state index in [-0.39, 0.29) is 12.2 Å². The van der Waals surface area contributed by atoms with Crippen molar-refractivity contribution in [3.8, 4) is 0 Å². The molecule has 0 aromatic carbocycles. The van der Waals surface area contributed by atoms with Crippen LogP contribution in [0.3, 0.4) is 0 Å². The van der Waals surface area contributed by atoms with Crippen LogP contribution in [0, 0.1) is 0 Å². The summed E-state index contributed by atoms with van der Waals surface area (Å²) in [6, 6.07) is 3.33. The molecule has 1 unspecified atom stereocenters. The second-order valence-electron chi connectivity index (χ2n) is 6.34. The van der Waals surface area contributed by atoms with Gasteiger partial charge in [-0.1, -0.05) is 11.2 Å². The van der Waals surface area contributed by atoms with E-state index >= 15 is 0 Å². The fraction of sp³-hybridized carbons (Fsp3) is 0.600. The van der Waals surface area contributed by atoms with Crippen LogP contribution in [0.25, 0.3) is 10.4 Å². The molecular formula is C15H20FN5O2. The van der Waals surface area contributed by atoms with Gasteiger partial charge in [0.15, 0.2) is 0 Å². The second kappa shape index (κ2) is 6.83. The molecule has 1 aliphatic heterocycles. The lowest BCUT2D eigenvalue weighted by atomic mass is 10.0. The average molecular weight is 321 g/mol. The van der Waals surface area contributed by atoms with Gasteiger partial charge in [0, 0.05) is 11.5 Å². The third-order valence-electron chi connectivity index (χ3n) is 3.30. The van der Waals surface area contributed by atoms with Gasteiger partial charge in [-0.25, -0.2) is 14.2 Å². The van der Waals surface area contributed by atoms with E-state index in [0.717, 1.165) is 18.4 Å². The minimum atomic E-state index is -1.50. The molecule has 23 heavy (non-hydrogen) atoms. The molecule has 7 nitrogen and oxygen atoms in total. The van der Waals surface area contributed by atoms with Crippen LogP contribution in [0.15, 0.2) is 17.2 Å². The molecule has 2 heterocycles. The first-order valence-electron chi connectivity index (χ1n) is 7.47. The van der Waals surface area contributed by atoms with Crippen molar-refractivity contribution in [3.63, 3.8) is 0 Å². The standard InChI is InChI=1S/C15H20FN5O2/c1-15(2,3)23-14(22)21-8-4-5-10-6-7-12(19-13(10)21)11(16)9-18-20-17/h6-7,11H,4-5,8-9H2,1-3H3. The Bertz CT molecular complexity index is 637. The number of halogens is 1. The second-order valence-corrected chi connectivity index (χ2v) is 6.34. The fourth-order valence-electron chi connectivity index (χ4n) is 2.33. The SMILES string of the molecule is CC(C)(C)OC(=O)N1CCCc2ccc(C(F)CN=[N+]=[N-])nc21. The molecule has 1 aliphatic rings. The highest BCUT2D eigenvalue weighted by Crippen LogP contribution is 2.29. The van der Waals surface area contributed by atoms with Gasteiger partial charge in [0.2, 0.25) is 0 Å². The summed E-state index contributed by atoms with van der Waals surface area (Å²) in [5.41, 5.74) is 8.69. The molecule has 0 saturated heterocycles. The van der Waals surface area contributed by atoms with Gasteiger partial charge in [-0.05, 0) is 50.8 Å². The Balaban J connectivity index is 2.28. The summed E-state index contributed by atoms with van der Waals surface area (Å²) < 4.78 is 19.4. The van der Waals surface area contributed by atoms with Crippen LogP contribution in [0.2, 0.25) is 0 Å². The normalized spacial score (nSPS) is 15.4. The molecule has 0 N–H and O–H groups in total. The first-order chi connectivity index (χ1) is 10.8. The lowest BCUT2D eigenvalue weighted by molar-refractivity contribution is 0.0576. The number of alkyl halides is 1. The predicted octanol–water partition coefficient (Wildman–Crippen LogP) is 4.09. The molecule has 0 bridgehead atoms. The van der Waals surface area contributed by atoms with Gasteiger partial charge >= 0.3 is 6.09 Å². The monoisotopic (exact) mass is 321 g/mol. The van der Waals surface area contributed by atoms with Crippen molar-refractivity contribution in [2.75, 3.05) is 18.0 Å². The van der Waals surface area contributed by atoms with E-state index in [1.54, 1.807) is 32.9 Å². The third kappa shape index (κ3) is 4.32. The van der Waals surface area contributed by atoms with Gasteiger partial charge in [0.25, 0.3) is 0 Å². The molecule has 124 valence electrons. The summed E-state index contributed by atoms with van der Waals surface area (Å²) >= 11 is 0. The van der Waals surface area contributed by atoms with Crippen LogP contribution in [-0.2, 0) is 11.2 Å². The Morgan fingerprint density at radius 3 is 2.96 bits per heavy atom. The van der Waals surface area contributed by atoms with Gasteiger partial charge in [-0.15, -0.1) is 0 Å². The van der Waals surface area contributed by atoms with Crippen LogP contribution < -0.4 is 4.90 Å². The quantitative estimate of drug-likeness (QED) is 0.477. The Hall–Kier alpha value is -2.34. The molecule has 1 aromatic rings. The zero-order valence-electron chi connectivity index (χ0n) is 13.5. The van der Waals surface area contributed by atoms with Gasteiger partial charge in [-0.3, -0.25) is 4.90 Å². The highest BCUT2D eigenvalue weighted by molar-refractivity contribution is 5.88. The van der Waals surface area contributed by atoms with E-state index in [1.165, 1.54) is 4.90 Å². The molecule has 0 radical (unpaired) electrons. The minimum absolute atomic E-state index is 0.145. The number of pyridine rings is 1. The van der Waals surface area contributed by atoms with Crippen LogP contribution in [0.1, 0.15) is 44.6 Å². The maximum Gasteiger partial charge on any atom is 0.416 e. The van der Waals surface area contributed by atoms with Gasteiger partial charge in [0.05, 0.1) is 12.2 Å². The zero-order chi connectivity index (χ0) is 17.0. The number of hydrogen-bond donors (Lipinski definition) is 0. The topological polar surface area (TPSA) is 91.2 Å². The number of fused-ring (bicyclic) bond motifs is 1. The Kier molecular flexibility index (Phi) is 5.05. The number of carbonyl (C=O) groups excluding carboxylic acids is 1. The van der Waals surface area contributed by atoms with Gasteiger partial charge < -0.3 is 4.74 Å². The van der Waals surface area contributed by atoms with Crippen molar-refractivity contribution in [3.05, 3.63) is 33.8 Å². The minimum Gasteiger partial charge on any atom is -0.443 e. The number of azide groups is 1. The molecular weight excluding hydrogens is 301 g/mol. The van der Waals surface area contributed by atoms with E-state index in [9.17, 15) is 9.18 Å². The number of rotatable bonds is 3. The number of hydrogen-bond acceptors (Lipinski definition) is 4. The molecule has 1 aromatic heterocycles. The summed E-state index contributed by atoms with van der Waals surface area (Å²) in [5, 5.41) is 3.22. The van der Waals surface area contributed by atoms with Crippen LogP contribution >= 0.6 is 0 Å². The molecule has 0 saturated carbocycles. The van der Waals surface area contributed by atoms with Gasteiger partial charge in [0.1, 0.15) is 17.6 Å². The Morgan fingerprint density at radius 2 is 2.30 bits per heavy atom. The average Bonchev–Trinajstić information content (AvgIpc) is 2.49. The van der Waals surface area contributed by atoms with Crippen LogP contribution in [-0.4, -0.2) is 29.8 Å². The van der Waals surface area contributed by atoms with Crippen molar-refractivity contribution >= 4 is 11.9 Å². The number of aryl methyl sites for hydroxylation is 1. The number of carbonyl (C=O) groups is 1. The number of anilines is 1. The molecule has 2 rings (SSSR count). The third-order valence-corrected chi connectivity index (χ3v) is 3.30. The molecule has 0 fully saturated rings. The van der Waals surface area contributed by atoms with Crippen LogP contribution in [0.5, 0.6) is 0 Å². The Morgan fingerprint density at radius 1 is 1.57 bits per heavy atom. The van der Waals surface area contributed by atoms with Crippen molar-refractivity contribution < 1.29 is 13.9 Å². The summed E-state index contributed by atoms with van der Waals surface area (Å²) in [6.45, 7) is 5.52. The summed E-state index contributed by atoms with van der Waals surface area (Å²) in [6.07, 6.45) is -0.424. The number of ether oxygens (including phenoxy) is 1. The molecule has 1 atom stereocenters. The van der Waals surface area contributed by atoms with Crippen molar-refractivity contribution in [2.45, 2.75) is 45.4 Å². The number of nitrogens with zero attached hydrogens (tertiary/aromatic N) is 5. The maximum absolute atomic E-state index is 14.0. The molecule has 0 spiro atoms. The van der Waals surface area contributed by atoms with E-state index in [2.05, 4.69) is 15.0 Å². The van der Waals surface area contributed by atoms with E-state index in [1.807, 2.05) is 0 Å². The highest BCUT2D eigenvalue weighted by atomic mass is 19.1. The zero-order valence-corrected chi connectivity index (χ0v) is 13.5. The van der Waals surface area contributed by atoms with E-state index < -0.39 is 17.9 Å². The van der Waals surface area contributed by atoms with Crippen molar-refractivity contribution in [2.24, 2.45) is 5.11 Å². The first-order valence-corrected chi connectivity index (χ1v) is 7.47. The molecule has 1 amide bonds. The Labute approximate surface area is 134 Å². The summed E-state index contributed by atoms with van der Waals surface area (Å²) in [7, 11) is 0. The maximum atomic E-state index is 14.0.